The molecule has 17 heavy (non-hydrogen) atoms. The monoisotopic (exact) mass is 339 g/mol. The van der Waals surface area contributed by atoms with Crippen molar-refractivity contribution < 1.29 is 4.79 Å². The Bertz CT molecular complexity index is 540. The van der Waals surface area contributed by atoms with Crippen LogP contribution in [0.2, 0.25) is 0 Å². The molecule has 0 saturated carbocycles. The number of rotatable bonds is 3. The van der Waals surface area contributed by atoms with E-state index in [-0.39, 0.29) is 0 Å². The van der Waals surface area contributed by atoms with E-state index in [4.69, 9.17) is 5.73 Å². The maximum atomic E-state index is 11.2. The van der Waals surface area contributed by atoms with Gasteiger partial charge in [-0.15, -0.1) is 0 Å². The average molecular weight is 339 g/mol. The largest absolute Gasteiger partial charge is 0.366 e. The van der Waals surface area contributed by atoms with Gasteiger partial charge in [-0.3, -0.25) is 9.78 Å². The van der Waals surface area contributed by atoms with Crippen molar-refractivity contribution in [2.45, 2.75) is 0 Å². The second kappa shape index (κ2) is 5.13. The van der Waals surface area contributed by atoms with Gasteiger partial charge in [-0.2, -0.15) is 0 Å². The van der Waals surface area contributed by atoms with Crippen LogP contribution in [0, 0.1) is 3.57 Å². The Morgan fingerprint density at radius 1 is 1.24 bits per heavy atom. The third-order valence-electron chi connectivity index (χ3n) is 2.21. The summed E-state index contributed by atoms with van der Waals surface area (Å²) >= 11 is 2.23. The summed E-state index contributed by atoms with van der Waals surface area (Å²) in [5, 5.41) is 3.11. The number of hydrogen-bond donors (Lipinski definition) is 2. The number of nitrogens with one attached hydrogen (secondary N) is 1. The standard InChI is InChI=1S/C12H10IN3O/c13-8-1-3-9(4-2-8)16-11-7-15-6-5-10(11)12(14)17/h1-7,16H,(H2,14,17). The van der Waals surface area contributed by atoms with Crippen molar-refractivity contribution in [2.75, 3.05) is 5.32 Å². The molecule has 5 heteroatoms. The number of primary amides is 1. The van der Waals surface area contributed by atoms with Gasteiger partial charge in [-0.05, 0) is 52.9 Å². The minimum absolute atomic E-state index is 0.429. The summed E-state index contributed by atoms with van der Waals surface area (Å²) in [5.41, 5.74) is 7.22. The van der Waals surface area contributed by atoms with Crippen molar-refractivity contribution in [1.29, 1.82) is 0 Å². The first-order valence-electron chi connectivity index (χ1n) is 4.93. The van der Waals surface area contributed by atoms with E-state index in [1.807, 2.05) is 24.3 Å². The number of halogens is 1. The highest BCUT2D eigenvalue weighted by atomic mass is 127. The summed E-state index contributed by atoms with van der Waals surface area (Å²) in [5.74, 6) is -0.472. The molecule has 0 radical (unpaired) electrons. The number of nitrogens with zero attached hydrogens (tertiary/aromatic N) is 1. The zero-order chi connectivity index (χ0) is 12.3. The lowest BCUT2D eigenvalue weighted by Gasteiger charge is -2.09. The van der Waals surface area contributed by atoms with Gasteiger partial charge in [0, 0.05) is 15.5 Å². The third kappa shape index (κ3) is 2.94. The molecular formula is C12H10IN3O. The zero-order valence-electron chi connectivity index (χ0n) is 8.85. The molecule has 0 unspecified atom stereocenters. The quantitative estimate of drug-likeness (QED) is 0.845. The number of nitrogens with two attached hydrogens (primary N) is 1. The number of benzene rings is 1. The lowest BCUT2D eigenvalue weighted by molar-refractivity contribution is 0.100. The molecule has 2 rings (SSSR count). The van der Waals surface area contributed by atoms with Gasteiger partial charge in [0.25, 0.3) is 5.91 Å². The SMILES string of the molecule is NC(=O)c1ccncc1Nc1ccc(I)cc1. The molecule has 86 valence electrons. The van der Waals surface area contributed by atoms with Gasteiger partial charge in [-0.25, -0.2) is 0 Å². The van der Waals surface area contributed by atoms with Crippen LogP contribution < -0.4 is 11.1 Å². The molecule has 0 aliphatic carbocycles. The number of pyridine rings is 1. The Hall–Kier alpha value is -1.63. The van der Waals surface area contributed by atoms with Gasteiger partial charge in [0.05, 0.1) is 17.4 Å². The van der Waals surface area contributed by atoms with Gasteiger partial charge in [0.15, 0.2) is 0 Å². The predicted octanol–water partition coefficient (Wildman–Crippen LogP) is 2.53. The van der Waals surface area contributed by atoms with E-state index >= 15 is 0 Å². The molecular weight excluding hydrogens is 329 g/mol. The Morgan fingerprint density at radius 3 is 2.59 bits per heavy atom. The predicted molar refractivity (Wildman–Crippen MR) is 75.2 cm³/mol. The molecule has 0 spiro atoms. The van der Waals surface area contributed by atoms with Crippen molar-refractivity contribution in [2.24, 2.45) is 5.73 Å². The van der Waals surface area contributed by atoms with Crippen molar-refractivity contribution in [1.82, 2.24) is 4.98 Å². The molecule has 1 aromatic heterocycles. The van der Waals surface area contributed by atoms with Crippen LogP contribution in [0.25, 0.3) is 0 Å². The van der Waals surface area contributed by atoms with Crippen LogP contribution in [0.5, 0.6) is 0 Å². The van der Waals surface area contributed by atoms with Gasteiger partial charge in [0.1, 0.15) is 0 Å². The number of aromatic nitrogens is 1. The van der Waals surface area contributed by atoms with Crippen LogP contribution in [0.1, 0.15) is 10.4 Å². The van der Waals surface area contributed by atoms with Crippen LogP contribution in [0.3, 0.4) is 0 Å². The van der Waals surface area contributed by atoms with Gasteiger partial charge in [0.2, 0.25) is 0 Å². The van der Waals surface area contributed by atoms with E-state index in [2.05, 4.69) is 32.9 Å². The van der Waals surface area contributed by atoms with Crippen molar-refractivity contribution in [3.05, 3.63) is 51.9 Å². The molecule has 0 fully saturated rings. The topological polar surface area (TPSA) is 68.0 Å². The van der Waals surface area contributed by atoms with E-state index in [0.717, 1.165) is 9.26 Å². The Kier molecular flexibility index (Phi) is 3.58. The van der Waals surface area contributed by atoms with E-state index in [0.29, 0.717) is 11.3 Å². The molecule has 0 aliphatic rings. The highest BCUT2D eigenvalue weighted by Crippen LogP contribution is 2.20. The number of amides is 1. The van der Waals surface area contributed by atoms with Crippen LogP contribution in [0.15, 0.2) is 42.7 Å². The smallest absolute Gasteiger partial charge is 0.250 e. The zero-order valence-corrected chi connectivity index (χ0v) is 11.0. The summed E-state index contributed by atoms with van der Waals surface area (Å²) in [6, 6.07) is 9.41. The highest BCUT2D eigenvalue weighted by Gasteiger charge is 2.07. The molecule has 0 bridgehead atoms. The first kappa shape index (κ1) is 11.8. The van der Waals surface area contributed by atoms with E-state index in [1.54, 1.807) is 18.5 Å². The fourth-order valence-electron chi connectivity index (χ4n) is 1.40. The van der Waals surface area contributed by atoms with Gasteiger partial charge >= 0.3 is 0 Å². The maximum Gasteiger partial charge on any atom is 0.250 e. The first-order valence-corrected chi connectivity index (χ1v) is 6.01. The van der Waals surface area contributed by atoms with E-state index < -0.39 is 5.91 Å². The molecule has 0 atom stereocenters. The number of carbonyl (C=O) groups excluding carboxylic acids is 1. The molecule has 1 heterocycles. The lowest BCUT2D eigenvalue weighted by Crippen LogP contribution is -2.13. The second-order valence-corrected chi connectivity index (χ2v) is 4.66. The van der Waals surface area contributed by atoms with Crippen LogP contribution in [-0.2, 0) is 0 Å². The van der Waals surface area contributed by atoms with Crippen LogP contribution >= 0.6 is 22.6 Å². The summed E-state index contributed by atoms with van der Waals surface area (Å²) in [7, 11) is 0. The lowest BCUT2D eigenvalue weighted by atomic mass is 10.2. The van der Waals surface area contributed by atoms with Crippen LogP contribution in [-0.4, -0.2) is 10.9 Å². The third-order valence-corrected chi connectivity index (χ3v) is 2.93. The minimum Gasteiger partial charge on any atom is -0.366 e. The second-order valence-electron chi connectivity index (χ2n) is 3.42. The van der Waals surface area contributed by atoms with E-state index in [1.165, 1.54) is 0 Å². The number of anilines is 2. The van der Waals surface area contributed by atoms with Crippen molar-refractivity contribution >= 4 is 39.9 Å². The minimum atomic E-state index is -0.472. The number of carbonyl (C=O) groups is 1. The molecule has 3 N–H and O–H groups in total. The average Bonchev–Trinajstić information content (AvgIpc) is 2.32. The summed E-state index contributed by atoms with van der Waals surface area (Å²) < 4.78 is 1.15. The summed E-state index contributed by atoms with van der Waals surface area (Å²) in [4.78, 5) is 15.2. The Labute approximate surface area is 112 Å². The normalized spacial score (nSPS) is 9.94. The molecule has 2 aromatic rings. The maximum absolute atomic E-state index is 11.2. The van der Waals surface area contributed by atoms with Crippen LogP contribution in [0.4, 0.5) is 11.4 Å². The highest BCUT2D eigenvalue weighted by molar-refractivity contribution is 14.1. The van der Waals surface area contributed by atoms with Gasteiger partial charge < -0.3 is 11.1 Å². The molecule has 0 saturated heterocycles. The Morgan fingerprint density at radius 2 is 1.94 bits per heavy atom. The fraction of sp³-hybridized carbons (Fsp3) is 0. The molecule has 0 aliphatic heterocycles. The van der Waals surface area contributed by atoms with Crippen molar-refractivity contribution in [3.8, 4) is 0 Å². The number of hydrogen-bond acceptors (Lipinski definition) is 3. The molecule has 4 nitrogen and oxygen atoms in total. The molecule has 1 amide bonds. The summed E-state index contributed by atoms with van der Waals surface area (Å²) in [6.45, 7) is 0. The summed E-state index contributed by atoms with van der Waals surface area (Å²) in [6.07, 6.45) is 3.12. The van der Waals surface area contributed by atoms with Gasteiger partial charge in [-0.1, -0.05) is 0 Å². The van der Waals surface area contributed by atoms with Crippen molar-refractivity contribution in [3.63, 3.8) is 0 Å². The fourth-order valence-corrected chi connectivity index (χ4v) is 1.76. The molecule has 1 aromatic carbocycles. The first-order chi connectivity index (χ1) is 8.16. The van der Waals surface area contributed by atoms with E-state index in [9.17, 15) is 4.79 Å². The Balaban J connectivity index is 2.30.